The van der Waals surface area contributed by atoms with Crippen molar-refractivity contribution in [3.8, 4) is 28.0 Å². The lowest BCUT2D eigenvalue weighted by molar-refractivity contribution is 0.391. The van der Waals surface area contributed by atoms with Crippen LogP contribution >= 0.6 is 46.1 Å². The van der Waals surface area contributed by atoms with E-state index in [0.29, 0.717) is 75.8 Å². The number of hydrogen-bond acceptors (Lipinski definition) is 14. The van der Waals surface area contributed by atoms with Crippen molar-refractivity contribution in [3.63, 3.8) is 0 Å². The molecule has 0 spiro atoms. The second kappa shape index (κ2) is 22.1. The minimum atomic E-state index is 0.375. The van der Waals surface area contributed by atoms with Gasteiger partial charge in [0.2, 0.25) is 0 Å². The molecule has 7 aromatic heterocycles. The number of thiophene rings is 1. The van der Waals surface area contributed by atoms with E-state index in [4.69, 9.17) is 49.0 Å². The standard InChI is InChI=1S/C18H15ClN4OS.C17H17ClN4O.C16H18ClN5O/c1-11-3-8-15(25-11)18-20-14-10-23(22-16(14)17(19)21-18)9-12-4-6-13(24-2)7-5-12;1-23-13-7-5-11(6-8-13)9-22-10-14-15(21-22)16(18)20-17(19-14)12-3-2-4-12;1-21(2)10-14-18-13-9-22(20-15(13)16(17)19-14)8-11-4-6-12(23-3)7-5-11/h3-8,10H,9H2,1-2H3;5-8,10,12H,2-4,9H2,1H3;4-7,9H,8,10H2,1-3H3. The molecule has 71 heavy (non-hydrogen) atoms. The number of halogens is 3. The molecule has 7 heterocycles. The molecular weight excluding hydrogens is 981 g/mol. The molecule has 0 N–H and O–H groups in total. The van der Waals surface area contributed by atoms with Crippen LogP contribution in [0.15, 0.2) is 104 Å². The Morgan fingerprint density at radius 2 is 0.986 bits per heavy atom. The maximum atomic E-state index is 6.34. The summed E-state index contributed by atoms with van der Waals surface area (Å²) < 4.78 is 21.0. The molecule has 0 bridgehead atoms. The van der Waals surface area contributed by atoms with Crippen LogP contribution < -0.4 is 14.2 Å². The molecule has 11 rings (SSSR count). The number of ether oxygens (including phenoxy) is 3. The third kappa shape index (κ3) is 12.1. The molecule has 0 unspecified atom stereocenters. The second-order valence-corrected chi connectivity index (χ2v) is 19.5. The van der Waals surface area contributed by atoms with Crippen molar-refractivity contribution >= 4 is 79.2 Å². The van der Waals surface area contributed by atoms with Gasteiger partial charge < -0.3 is 19.1 Å². The lowest BCUT2D eigenvalue weighted by Crippen LogP contribution is -2.13. The zero-order valence-electron chi connectivity index (χ0n) is 39.9. The van der Waals surface area contributed by atoms with Gasteiger partial charge in [0, 0.05) is 10.8 Å². The normalized spacial score (nSPS) is 12.4. The first-order valence-corrected chi connectivity index (χ1v) is 24.7. The van der Waals surface area contributed by atoms with E-state index < -0.39 is 0 Å². The van der Waals surface area contributed by atoms with Crippen LogP contribution in [0, 0.1) is 6.92 Å². The van der Waals surface area contributed by atoms with Crippen LogP contribution in [-0.2, 0) is 26.2 Å². The minimum Gasteiger partial charge on any atom is -0.497 e. The Morgan fingerprint density at radius 3 is 1.39 bits per heavy atom. The Hall–Kier alpha value is -6.76. The number of nitrogens with zero attached hydrogens (tertiary/aromatic N) is 13. The summed E-state index contributed by atoms with van der Waals surface area (Å²) in [6.07, 6.45) is 9.29. The van der Waals surface area contributed by atoms with Crippen molar-refractivity contribution < 1.29 is 14.2 Å². The molecule has 16 nitrogen and oxygen atoms in total. The first-order valence-electron chi connectivity index (χ1n) is 22.7. The molecule has 0 aliphatic heterocycles. The second-order valence-electron chi connectivity index (χ2n) is 17.1. The van der Waals surface area contributed by atoms with Crippen LogP contribution in [0.1, 0.15) is 58.4 Å². The van der Waals surface area contributed by atoms with Gasteiger partial charge in [0.1, 0.15) is 62.0 Å². The Morgan fingerprint density at radius 1 is 0.549 bits per heavy atom. The summed E-state index contributed by atoms with van der Waals surface area (Å²) in [5, 5.41) is 14.7. The average molecular weight is 1030 g/mol. The molecule has 0 saturated heterocycles. The molecule has 10 aromatic rings. The van der Waals surface area contributed by atoms with Gasteiger partial charge >= 0.3 is 0 Å². The van der Waals surface area contributed by atoms with Crippen LogP contribution in [0.25, 0.3) is 43.8 Å². The summed E-state index contributed by atoms with van der Waals surface area (Å²) in [6.45, 7) is 4.62. The summed E-state index contributed by atoms with van der Waals surface area (Å²) in [7, 11) is 8.91. The van der Waals surface area contributed by atoms with E-state index in [1.165, 1.54) is 11.3 Å². The van der Waals surface area contributed by atoms with E-state index in [1.54, 1.807) is 32.7 Å². The molecular formula is C51H50Cl3N13O3S. The van der Waals surface area contributed by atoms with Crippen molar-refractivity contribution in [2.24, 2.45) is 0 Å². The average Bonchev–Trinajstić information content (AvgIpc) is 4.16. The van der Waals surface area contributed by atoms with Crippen molar-refractivity contribution in [1.29, 1.82) is 0 Å². The number of fused-ring (bicyclic) bond motifs is 3. The minimum absolute atomic E-state index is 0.375. The van der Waals surface area contributed by atoms with Gasteiger partial charge in [0.25, 0.3) is 0 Å². The number of benzene rings is 3. The van der Waals surface area contributed by atoms with Crippen molar-refractivity contribution in [3.05, 3.63) is 152 Å². The molecule has 1 saturated carbocycles. The lowest BCUT2D eigenvalue weighted by atomic mass is 9.85. The summed E-state index contributed by atoms with van der Waals surface area (Å²) in [6, 6.07) is 27.8. The van der Waals surface area contributed by atoms with Crippen LogP contribution in [0.4, 0.5) is 0 Å². The zero-order valence-corrected chi connectivity index (χ0v) is 43.0. The molecule has 364 valence electrons. The van der Waals surface area contributed by atoms with Gasteiger partial charge in [-0.2, -0.15) is 15.3 Å². The Labute approximate surface area is 429 Å². The van der Waals surface area contributed by atoms with Crippen molar-refractivity contribution in [2.75, 3.05) is 35.4 Å². The third-order valence-electron chi connectivity index (χ3n) is 11.6. The Bertz CT molecular complexity index is 3410. The highest BCUT2D eigenvalue weighted by molar-refractivity contribution is 7.15. The fourth-order valence-corrected chi connectivity index (χ4v) is 9.17. The number of aromatic nitrogens is 12. The molecule has 20 heteroatoms. The summed E-state index contributed by atoms with van der Waals surface area (Å²) in [4.78, 5) is 31.1. The maximum absolute atomic E-state index is 6.34. The molecule has 1 fully saturated rings. The third-order valence-corrected chi connectivity index (χ3v) is 13.4. The first kappa shape index (κ1) is 49.2. The number of aryl methyl sites for hydroxylation is 1. The van der Waals surface area contributed by atoms with E-state index in [2.05, 4.69) is 58.2 Å². The highest BCUT2D eigenvalue weighted by Crippen LogP contribution is 2.36. The van der Waals surface area contributed by atoms with Crippen LogP contribution in [0.3, 0.4) is 0 Å². The van der Waals surface area contributed by atoms with E-state index in [1.807, 2.05) is 130 Å². The lowest BCUT2D eigenvalue weighted by Gasteiger charge is -2.23. The fourth-order valence-electron chi connectivity index (χ4n) is 7.70. The Kier molecular flexibility index (Phi) is 15.3. The molecule has 0 amide bonds. The van der Waals surface area contributed by atoms with E-state index in [9.17, 15) is 0 Å². The van der Waals surface area contributed by atoms with E-state index in [-0.39, 0.29) is 0 Å². The predicted molar refractivity (Wildman–Crippen MR) is 279 cm³/mol. The van der Waals surface area contributed by atoms with Gasteiger partial charge in [-0.3, -0.25) is 14.0 Å². The predicted octanol–water partition coefficient (Wildman–Crippen LogP) is 11.0. The van der Waals surface area contributed by atoms with Gasteiger partial charge in [-0.15, -0.1) is 11.3 Å². The van der Waals surface area contributed by atoms with Gasteiger partial charge in [-0.1, -0.05) is 77.6 Å². The number of methoxy groups -OCH3 is 3. The summed E-state index contributed by atoms with van der Waals surface area (Å²) in [5.74, 6) is 5.16. The highest BCUT2D eigenvalue weighted by atomic mass is 35.5. The Balaban J connectivity index is 0.000000132. The van der Waals surface area contributed by atoms with Gasteiger partial charge in [-0.05, 0) is 99.1 Å². The van der Waals surface area contributed by atoms with E-state index >= 15 is 0 Å². The fraction of sp³-hybridized carbons (Fsp3) is 0.275. The summed E-state index contributed by atoms with van der Waals surface area (Å²) in [5.41, 5.74) is 7.62. The number of hydrogen-bond donors (Lipinski definition) is 0. The monoisotopic (exact) mass is 1030 g/mol. The molecule has 1 aliphatic carbocycles. The molecule has 1 aliphatic rings. The smallest absolute Gasteiger partial charge is 0.171 e. The largest absolute Gasteiger partial charge is 0.497 e. The number of rotatable bonds is 13. The van der Waals surface area contributed by atoms with Gasteiger partial charge in [0.15, 0.2) is 21.3 Å². The van der Waals surface area contributed by atoms with Crippen molar-refractivity contribution in [2.45, 2.75) is 58.3 Å². The van der Waals surface area contributed by atoms with Gasteiger partial charge in [0.05, 0.1) is 71.0 Å². The SMILES string of the molecule is COc1ccc(Cn2cc3nc(-c4ccc(C)s4)nc(Cl)c3n2)cc1.COc1ccc(Cn2cc3nc(C4CCC4)nc(Cl)c3n2)cc1.COc1ccc(Cn2cc3nc(CN(C)C)nc(Cl)c3n2)cc1. The zero-order chi connectivity index (χ0) is 49.6. The first-order chi connectivity index (χ1) is 34.4. The molecule has 3 aromatic carbocycles. The topological polar surface area (TPSA) is 162 Å². The highest BCUT2D eigenvalue weighted by Gasteiger charge is 2.24. The van der Waals surface area contributed by atoms with Crippen LogP contribution in [0.5, 0.6) is 17.2 Å². The van der Waals surface area contributed by atoms with E-state index in [0.717, 1.165) is 74.0 Å². The molecule has 0 radical (unpaired) electrons. The maximum Gasteiger partial charge on any atom is 0.171 e. The van der Waals surface area contributed by atoms with Crippen molar-refractivity contribution in [1.82, 2.24) is 64.1 Å². The summed E-state index contributed by atoms with van der Waals surface area (Å²) >= 11 is 20.5. The van der Waals surface area contributed by atoms with Crippen LogP contribution in [0.2, 0.25) is 15.5 Å². The quantitative estimate of drug-likeness (QED) is 0.100. The van der Waals surface area contributed by atoms with Crippen LogP contribution in [-0.4, -0.2) is 99.6 Å². The van der Waals surface area contributed by atoms with Gasteiger partial charge in [-0.25, -0.2) is 29.9 Å². The molecule has 0 atom stereocenters.